The first-order valence-electron chi connectivity index (χ1n) is 10.1. The molecule has 1 saturated heterocycles. The number of ether oxygens (including phenoxy) is 1. The molecular formula is C24H19F5N2O2. The van der Waals surface area contributed by atoms with E-state index in [2.05, 4.69) is 10.6 Å². The van der Waals surface area contributed by atoms with Crippen molar-refractivity contribution in [3.05, 3.63) is 107 Å². The number of hydrogen-bond donors (Lipinski definition) is 2. The van der Waals surface area contributed by atoms with Crippen LogP contribution in [0.1, 0.15) is 28.8 Å². The lowest BCUT2D eigenvalue weighted by molar-refractivity contribution is -0.218. The van der Waals surface area contributed by atoms with Crippen LogP contribution in [0.15, 0.2) is 78.9 Å². The number of halogens is 5. The van der Waals surface area contributed by atoms with E-state index in [1.807, 2.05) is 0 Å². The average Bonchev–Trinajstić information content (AvgIpc) is 3.17. The van der Waals surface area contributed by atoms with Crippen LogP contribution in [0.25, 0.3) is 0 Å². The molecule has 9 heteroatoms. The van der Waals surface area contributed by atoms with Crippen LogP contribution in [0.3, 0.4) is 0 Å². The first kappa shape index (κ1) is 22.9. The summed E-state index contributed by atoms with van der Waals surface area (Å²) in [5.74, 6) is -7.02. The Kier molecular flexibility index (Phi) is 6.18. The molecule has 2 atom stereocenters. The number of benzene rings is 3. The number of hydrogen-bond acceptors (Lipinski definition) is 4. The second-order valence-electron chi connectivity index (χ2n) is 7.67. The van der Waals surface area contributed by atoms with Gasteiger partial charge in [0.05, 0.1) is 12.1 Å². The van der Waals surface area contributed by atoms with Crippen LogP contribution in [0.5, 0.6) is 0 Å². The third-order valence-corrected chi connectivity index (χ3v) is 5.40. The second-order valence-corrected chi connectivity index (χ2v) is 7.67. The quantitative estimate of drug-likeness (QED) is 0.417. The van der Waals surface area contributed by atoms with Crippen LogP contribution in [0.2, 0.25) is 0 Å². The molecule has 0 spiro atoms. The minimum Gasteiger partial charge on any atom is -0.423 e. The summed E-state index contributed by atoms with van der Waals surface area (Å²) in [5.41, 5.74) is 1.14. The molecule has 1 heterocycles. The number of carbonyl (C=O) groups is 1. The summed E-state index contributed by atoms with van der Waals surface area (Å²) in [6.45, 7) is 0. The summed E-state index contributed by atoms with van der Waals surface area (Å²) in [6, 6.07) is 19.7. The topological polar surface area (TPSA) is 50.4 Å². The maximum atomic E-state index is 14.4. The maximum absolute atomic E-state index is 14.4. The van der Waals surface area contributed by atoms with E-state index in [9.17, 15) is 26.7 Å². The van der Waals surface area contributed by atoms with Gasteiger partial charge in [-0.15, -0.1) is 0 Å². The largest absolute Gasteiger partial charge is 0.491 e. The summed E-state index contributed by atoms with van der Waals surface area (Å²) in [4.78, 5) is 11.9. The van der Waals surface area contributed by atoms with Crippen LogP contribution >= 0.6 is 0 Å². The molecule has 1 aliphatic rings. The van der Waals surface area contributed by atoms with E-state index in [0.717, 1.165) is 6.07 Å². The SMILES string of the molecule is O=C(OC1(Cc2cccc(F)c2F)NC(c2ccccc2)C(c2ccccc2)N1)C(F)(F)F. The molecule has 4 rings (SSSR count). The van der Waals surface area contributed by atoms with Crippen LogP contribution in [0.4, 0.5) is 22.0 Å². The molecule has 0 aromatic heterocycles. The molecule has 33 heavy (non-hydrogen) atoms. The molecule has 2 unspecified atom stereocenters. The van der Waals surface area contributed by atoms with Gasteiger partial charge in [-0.3, -0.25) is 10.6 Å². The van der Waals surface area contributed by atoms with Gasteiger partial charge in [0.15, 0.2) is 11.6 Å². The monoisotopic (exact) mass is 462 g/mol. The lowest BCUT2D eigenvalue weighted by Gasteiger charge is -2.31. The van der Waals surface area contributed by atoms with E-state index in [4.69, 9.17) is 4.74 Å². The van der Waals surface area contributed by atoms with Gasteiger partial charge in [-0.2, -0.15) is 13.2 Å². The molecule has 0 saturated carbocycles. The van der Waals surface area contributed by atoms with Gasteiger partial charge in [-0.05, 0) is 22.8 Å². The van der Waals surface area contributed by atoms with Crippen molar-refractivity contribution in [2.45, 2.75) is 30.5 Å². The van der Waals surface area contributed by atoms with Crippen LogP contribution in [-0.2, 0) is 16.0 Å². The molecule has 0 radical (unpaired) electrons. The van der Waals surface area contributed by atoms with Gasteiger partial charge in [0.2, 0.25) is 5.85 Å². The lowest BCUT2D eigenvalue weighted by Crippen LogP contribution is -2.56. The first-order chi connectivity index (χ1) is 15.7. The van der Waals surface area contributed by atoms with Gasteiger partial charge in [0.1, 0.15) is 0 Å². The summed E-state index contributed by atoms with van der Waals surface area (Å²) in [6.07, 6.45) is -5.88. The van der Waals surface area contributed by atoms with E-state index in [1.165, 1.54) is 12.1 Å². The summed E-state index contributed by atoms with van der Waals surface area (Å²) >= 11 is 0. The Labute approximate surface area is 186 Å². The molecule has 1 fully saturated rings. The standard InChI is InChI=1S/C24H19F5N2O2/c25-18-13-7-12-17(19(18)26)14-23(33-22(32)24(27,28)29)30-20(15-8-3-1-4-9-15)21(31-23)16-10-5-2-6-11-16/h1-13,20-21,30-31H,14H2. The smallest absolute Gasteiger partial charge is 0.423 e. The molecule has 4 nitrogen and oxygen atoms in total. The zero-order chi connectivity index (χ0) is 23.6. The third-order valence-electron chi connectivity index (χ3n) is 5.40. The van der Waals surface area contributed by atoms with Gasteiger partial charge >= 0.3 is 12.1 Å². The van der Waals surface area contributed by atoms with Crippen molar-refractivity contribution < 1.29 is 31.5 Å². The van der Waals surface area contributed by atoms with Crippen molar-refractivity contribution in [1.29, 1.82) is 0 Å². The Morgan fingerprint density at radius 3 is 1.82 bits per heavy atom. The molecular weight excluding hydrogens is 443 g/mol. The predicted molar refractivity (Wildman–Crippen MR) is 110 cm³/mol. The van der Waals surface area contributed by atoms with Gasteiger partial charge in [-0.25, -0.2) is 13.6 Å². The summed E-state index contributed by atoms with van der Waals surface area (Å²) in [5, 5.41) is 5.85. The van der Waals surface area contributed by atoms with Crippen molar-refractivity contribution in [1.82, 2.24) is 10.6 Å². The van der Waals surface area contributed by atoms with E-state index >= 15 is 0 Å². The molecule has 172 valence electrons. The fourth-order valence-electron chi connectivity index (χ4n) is 3.95. The van der Waals surface area contributed by atoms with Crippen molar-refractivity contribution in [3.63, 3.8) is 0 Å². The highest BCUT2D eigenvalue weighted by Crippen LogP contribution is 2.39. The molecule has 1 aliphatic heterocycles. The van der Waals surface area contributed by atoms with Gasteiger partial charge in [-0.1, -0.05) is 72.8 Å². The normalized spacial score (nSPS) is 22.8. The minimum absolute atomic E-state index is 0.259. The van der Waals surface area contributed by atoms with Crippen LogP contribution in [-0.4, -0.2) is 18.0 Å². The number of nitrogens with one attached hydrogen (secondary N) is 2. The molecule has 3 aromatic carbocycles. The minimum atomic E-state index is -5.29. The number of esters is 1. The van der Waals surface area contributed by atoms with Gasteiger partial charge in [0, 0.05) is 6.42 Å². The Bertz CT molecular complexity index is 1080. The summed E-state index contributed by atoms with van der Waals surface area (Å²) < 4.78 is 72.5. The predicted octanol–water partition coefficient (Wildman–Crippen LogP) is 4.94. The Hall–Kier alpha value is -3.30. The number of rotatable bonds is 5. The van der Waals surface area contributed by atoms with Crippen molar-refractivity contribution >= 4 is 5.97 Å². The maximum Gasteiger partial charge on any atom is 0.491 e. The fourth-order valence-corrected chi connectivity index (χ4v) is 3.95. The number of alkyl halides is 3. The highest BCUT2D eigenvalue weighted by atomic mass is 19.4. The molecule has 0 amide bonds. The van der Waals surface area contributed by atoms with Crippen molar-refractivity contribution in [2.24, 2.45) is 0 Å². The van der Waals surface area contributed by atoms with Crippen molar-refractivity contribution in [2.75, 3.05) is 0 Å². The summed E-state index contributed by atoms with van der Waals surface area (Å²) in [7, 11) is 0. The van der Waals surface area contributed by atoms with E-state index in [0.29, 0.717) is 11.1 Å². The Balaban J connectivity index is 1.79. The second kappa shape index (κ2) is 8.92. The van der Waals surface area contributed by atoms with E-state index < -0.39 is 48.1 Å². The highest BCUT2D eigenvalue weighted by molar-refractivity contribution is 5.76. The molecule has 0 aliphatic carbocycles. The average molecular weight is 462 g/mol. The molecule has 3 aromatic rings. The zero-order valence-corrected chi connectivity index (χ0v) is 17.1. The number of carbonyl (C=O) groups excluding carboxylic acids is 1. The first-order valence-corrected chi connectivity index (χ1v) is 10.1. The van der Waals surface area contributed by atoms with E-state index in [-0.39, 0.29) is 5.56 Å². The van der Waals surface area contributed by atoms with Crippen LogP contribution < -0.4 is 10.6 Å². The fraction of sp³-hybridized carbons (Fsp3) is 0.208. The van der Waals surface area contributed by atoms with Crippen molar-refractivity contribution in [3.8, 4) is 0 Å². The van der Waals surface area contributed by atoms with Gasteiger partial charge < -0.3 is 4.74 Å². The Morgan fingerprint density at radius 2 is 1.33 bits per heavy atom. The van der Waals surface area contributed by atoms with E-state index in [1.54, 1.807) is 60.7 Å². The lowest BCUT2D eigenvalue weighted by atomic mass is 9.95. The molecule has 2 N–H and O–H groups in total. The van der Waals surface area contributed by atoms with Gasteiger partial charge in [0.25, 0.3) is 0 Å². The zero-order valence-electron chi connectivity index (χ0n) is 17.1. The Morgan fingerprint density at radius 1 is 0.818 bits per heavy atom. The third kappa shape index (κ3) is 4.89. The van der Waals surface area contributed by atoms with Crippen LogP contribution in [0, 0.1) is 11.6 Å². The molecule has 0 bridgehead atoms. The highest BCUT2D eigenvalue weighted by Gasteiger charge is 2.53.